The highest BCUT2D eigenvalue weighted by atomic mass is 19.1. The molecule has 0 saturated heterocycles. The Morgan fingerprint density at radius 1 is 1.33 bits per heavy atom. The Bertz CT molecular complexity index is 581. The minimum absolute atomic E-state index is 0.136. The average Bonchev–Trinajstić information content (AvgIpc) is 2.47. The van der Waals surface area contributed by atoms with Gasteiger partial charge in [-0.1, -0.05) is 19.1 Å². The van der Waals surface area contributed by atoms with Crippen LogP contribution in [0.25, 0.3) is 0 Å². The maximum atomic E-state index is 13.7. The predicted molar refractivity (Wildman–Crippen MR) is 82.1 cm³/mol. The molecule has 0 aliphatic heterocycles. The largest absolute Gasteiger partial charge is 0.481 e. The van der Waals surface area contributed by atoms with Gasteiger partial charge in [-0.15, -0.1) is 0 Å². The Morgan fingerprint density at radius 3 is 2.81 bits per heavy atom. The molecule has 2 rings (SSSR count). The van der Waals surface area contributed by atoms with Crippen molar-refractivity contribution in [3.63, 3.8) is 0 Å². The van der Waals surface area contributed by atoms with E-state index >= 15 is 0 Å². The zero-order valence-electron chi connectivity index (χ0n) is 12.7. The Balaban J connectivity index is 2.46. The number of nitrogens with zero attached hydrogens (tertiary/aromatic N) is 1. The zero-order chi connectivity index (χ0) is 15.2. The van der Waals surface area contributed by atoms with Gasteiger partial charge >= 0.3 is 0 Å². The van der Waals surface area contributed by atoms with E-state index in [4.69, 9.17) is 4.74 Å². The first kappa shape index (κ1) is 15.4. The summed E-state index contributed by atoms with van der Waals surface area (Å²) in [7, 11) is 1.60. The van der Waals surface area contributed by atoms with Gasteiger partial charge in [0.05, 0.1) is 13.2 Å². The van der Waals surface area contributed by atoms with Gasteiger partial charge in [-0.05, 0) is 49.2 Å². The van der Waals surface area contributed by atoms with Crippen LogP contribution in [0.15, 0.2) is 36.5 Å². The number of benzene rings is 1. The first-order chi connectivity index (χ1) is 10.2. The van der Waals surface area contributed by atoms with E-state index in [2.05, 4.69) is 17.2 Å². The van der Waals surface area contributed by atoms with E-state index in [1.165, 1.54) is 6.07 Å². The highest BCUT2D eigenvalue weighted by Crippen LogP contribution is 2.29. The molecule has 1 unspecified atom stereocenters. The van der Waals surface area contributed by atoms with Crippen LogP contribution in [0.5, 0.6) is 5.88 Å². The summed E-state index contributed by atoms with van der Waals surface area (Å²) in [6, 6.07) is 8.77. The smallest absolute Gasteiger partial charge is 0.218 e. The Hall–Kier alpha value is -1.94. The van der Waals surface area contributed by atoms with Crippen molar-refractivity contribution in [2.24, 2.45) is 0 Å². The fourth-order valence-electron chi connectivity index (χ4n) is 2.42. The van der Waals surface area contributed by atoms with Crippen molar-refractivity contribution in [1.82, 2.24) is 10.3 Å². The third-order valence-electron chi connectivity index (χ3n) is 3.30. The number of nitrogens with one attached hydrogen (secondary N) is 1. The SMILES string of the molecule is CCCNC(c1cc(C)cc(F)c1)c1cccnc1OC. The van der Waals surface area contributed by atoms with Gasteiger partial charge < -0.3 is 10.1 Å². The molecule has 0 saturated carbocycles. The lowest BCUT2D eigenvalue weighted by atomic mass is 9.97. The summed E-state index contributed by atoms with van der Waals surface area (Å²) in [6.45, 7) is 4.82. The van der Waals surface area contributed by atoms with Crippen molar-refractivity contribution >= 4 is 0 Å². The maximum absolute atomic E-state index is 13.7. The number of aromatic nitrogens is 1. The first-order valence-corrected chi connectivity index (χ1v) is 7.15. The van der Waals surface area contributed by atoms with Crippen LogP contribution in [0.1, 0.15) is 36.1 Å². The van der Waals surface area contributed by atoms with E-state index in [1.54, 1.807) is 19.4 Å². The van der Waals surface area contributed by atoms with Crippen molar-refractivity contribution in [3.8, 4) is 5.88 Å². The summed E-state index contributed by atoms with van der Waals surface area (Å²) in [5.41, 5.74) is 2.70. The average molecular weight is 288 g/mol. The third-order valence-corrected chi connectivity index (χ3v) is 3.30. The minimum atomic E-state index is -0.226. The van der Waals surface area contributed by atoms with E-state index in [0.717, 1.165) is 29.7 Å². The third kappa shape index (κ3) is 3.79. The molecule has 1 aromatic carbocycles. The van der Waals surface area contributed by atoms with Crippen LogP contribution in [-0.2, 0) is 0 Å². The molecule has 0 fully saturated rings. The second-order valence-corrected chi connectivity index (χ2v) is 5.05. The van der Waals surface area contributed by atoms with Crippen LogP contribution >= 0.6 is 0 Å². The highest BCUT2D eigenvalue weighted by molar-refractivity contribution is 5.39. The van der Waals surface area contributed by atoms with Gasteiger partial charge in [0.1, 0.15) is 5.82 Å². The highest BCUT2D eigenvalue weighted by Gasteiger charge is 2.19. The fourth-order valence-corrected chi connectivity index (χ4v) is 2.42. The maximum Gasteiger partial charge on any atom is 0.218 e. The number of rotatable bonds is 6. The van der Waals surface area contributed by atoms with Crippen LogP contribution in [-0.4, -0.2) is 18.6 Å². The number of ether oxygens (including phenoxy) is 1. The number of aryl methyl sites for hydroxylation is 1. The molecule has 3 nitrogen and oxygen atoms in total. The Morgan fingerprint density at radius 2 is 2.14 bits per heavy atom. The number of methoxy groups -OCH3 is 1. The van der Waals surface area contributed by atoms with Crippen molar-refractivity contribution in [3.05, 3.63) is 59.0 Å². The van der Waals surface area contributed by atoms with Crippen LogP contribution in [0.2, 0.25) is 0 Å². The summed E-state index contributed by atoms with van der Waals surface area (Å²) < 4.78 is 19.1. The topological polar surface area (TPSA) is 34.2 Å². The second-order valence-electron chi connectivity index (χ2n) is 5.05. The lowest BCUT2D eigenvalue weighted by Gasteiger charge is -2.21. The molecule has 0 aliphatic rings. The molecule has 112 valence electrons. The molecule has 21 heavy (non-hydrogen) atoms. The van der Waals surface area contributed by atoms with Gasteiger partial charge in [-0.25, -0.2) is 9.37 Å². The molecule has 0 aliphatic carbocycles. The van der Waals surface area contributed by atoms with Gasteiger partial charge in [0, 0.05) is 11.8 Å². The first-order valence-electron chi connectivity index (χ1n) is 7.15. The lowest BCUT2D eigenvalue weighted by molar-refractivity contribution is 0.386. The van der Waals surface area contributed by atoms with E-state index in [9.17, 15) is 4.39 Å². The number of hydrogen-bond donors (Lipinski definition) is 1. The summed E-state index contributed by atoms with van der Waals surface area (Å²) in [6.07, 6.45) is 2.68. The molecule has 0 bridgehead atoms. The molecule has 1 atom stereocenters. The molecule has 2 aromatic rings. The van der Waals surface area contributed by atoms with Gasteiger partial charge in [0.25, 0.3) is 0 Å². The van der Waals surface area contributed by atoms with Crippen molar-refractivity contribution in [2.45, 2.75) is 26.3 Å². The monoisotopic (exact) mass is 288 g/mol. The van der Waals surface area contributed by atoms with Crippen LogP contribution in [0.4, 0.5) is 4.39 Å². The van der Waals surface area contributed by atoms with Crippen LogP contribution < -0.4 is 10.1 Å². The van der Waals surface area contributed by atoms with E-state index < -0.39 is 0 Å². The Kier molecular flexibility index (Phi) is 5.28. The van der Waals surface area contributed by atoms with Gasteiger partial charge in [0.2, 0.25) is 5.88 Å². The fraction of sp³-hybridized carbons (Fsp3) is 0.353. The standard InChI is InChI=1S/C17H21FN2O/c1-4-7-19-16(13-9-12(2)10-14(18)11-13)15-6-5-8-20-17(15)21-3/h5-6,8-11,16,19H,4,7H2,1-3H3. The zero-order valence-corrected chi connectivity index (χ0v) is 12.7. The molecule has 1 heterocycles. The van der Waals surface area contributed by atoms with Gasteiger partial charge in [-0.3, -0.25) is 0 Å². The van der Waals surface area contributed by atoms with E-state index in [0.29, 0.717) is 5.88 Å². The number of halogens is 1. The lowest BCUT2D eigenvalue weighted by Crippen LogP contribution is -2.24. The molecule has 1 aromatic heterocycles. The molecular formula is C17H21FN2O. The number of hydrogen-bond acceptors (Lipinski definition) is 3. The van der Waals surface area contributed by atoms with Gasteiger partial charge in [0.15, 0.2) is 0 Å². The minimum Gasteiger partial charge on any atom is -0.481 e. The summed E-state index contributed by atoms with van der Waals surface area (Å²) in [5.74, 6) is 0.337. The molecule has 1 N–H and O–H groups in total. The quantitative estimate of drug-likeness (QED) is 0.881. The normalized spacial score (nSPS) is 12.2. The van der Waals surface area contributed by atoms with E-state index in [-0.39, 0.29) is 11.9 Å². The molecule has 0 radical (unpaired) electrons. The van der Waals surface area contributed by atoms with Crippen molar-refractivity contribution in [1.29, 1.82) is 0 Å². The van der Waals surface area contributed by atoms with Crippen LogP contribution in [0.3, 0.4) is 0 Å². The van der Waals surface area contributed by atoms with Crippen LogP contribution in [0, 0.1) is 12.7 Å². The molecular weight excluding hydrogens is 267 g/mol. The predicted octanol–water partition coefficient (Wildman–Crippen LogP) is 3.63. The molecule has 4 heteroatoms. The van der Waals surface area contributed by atoms with Crippen molar-refractivity contribution in [2.75, 3.05) is 13.7 Å². The Labute approximate surface area is 125 Å². The molecule has 0 spiro atoms. The van der Waals surface area contributed by atoms with E-state index in [1.807, 2.05) is 25.1 Å². The second kappa shape index (κ2) is 7.18. The molecule has 0 amide bonds. The summed E-state index contributed by atoms with van der Waals surface area (Å²) >= 11 is 0. The summed E-state index contributed by atoms with van der Waals surface area (Å²) in [4.78, 5) is 4.24. The van der Waals surface area contributed by atoms with Crippen molar-refractivity contribution < 1.29 is 9.13 Å². The summed E-state index contributed by atoms with van der Waals surface area (Å²) in [5, 5.41) is 3.44. The number of pyridine rings is 1. The van der Waals surface area contributed by atoms with Gasteiger partial charge in [-0.2, -0.15) is 0 Å².